The fourth-order valence-electron chi connectivity index (χ4n) is 1.64. The molecule has 1 aromatic carbocycles. The van der Waals surface area contributed by atoms with Crippen molar-refractivity contribution in [2.45, 2.75) is 39.7 Å². The molecule has 7 nitrogen and oxygen atoms in total. The molecule has 3 N–H and O–H groups in total. The van der Waals surface area contributed by atoms with Crippen molar-refractivity contribution in [3.63, 3.8) is 0 Å². The Morgan fingerprint density at radius 2 is 1.65 bits per heavy atom. The predicted molar refractivity (Wildman–Crippen MR) is 88.8 cm³/mol. The van der Waals surface area contributed by atoms with Gasteiger partial charge in [-0.15, -0.1) is 0 Å². The van der Waals surface area contributed by atoms with Gasteiger partial charge in [0.15, 0.2) is 0 Å². The van der Waals surface area contributed by atoms with Gasteiger partial charge >= 0.3 is 11.8 Å². The molecule has 7 heteroatoms. The van der Waals surface area contributed by atoms with Crippen LogP contribution in [0.1, 0.15) is 34.1 Å². The summed E-state index contributed by atoms with van der Waals surface area (Å²) in [7, 11) is 0. The van der Waals surface area contributed by atoms with E-state index in [2.05, 4.69) is 21.2 Å². The quantitative estimate of drug-likeness (QED) is 0.445. The molecule has 0 aromatic heterocycles. The number of amides is 3. The highest BCUT2D eigenvalue weighted by molar-refractivity contribution is 6.39. The Bertz CT molecular complexity index is 604. The van der Waals surface area contributed by atoms with Crippen molar-refractivity contribution in [1.82, 2.24) is 10.7 Å². The maximum Gasteiger partial charge on any atom is 0.329 e. The highest BCUT2D eigenvalue weighted by Crippen LogP contribution is 2.04. The van der Waals surface area contributed by atoms with Gasteiger partial charge in [0.2, 0.25) is 5.91 Å². The van der Waals surface area contributed by atoms with Crippen molar-refractivity contribution in [3.05, 3.63) is 30.3 Å². The molecule has 0 aliphatic carbocycles. The van der Waals surface area contributed by atoms with Gasteiger partial charge in [-0.2, -0.15) is 5.10 Å². The van der Waals surface area contributed by atoms with E-state index in [0.29, 0.717) is 11.4 Å². The van der Waals surface area contributed by atoms with Crippen LogP contribution in [0, 0.1) is 0 Å². The Balaban J connectivity index is 2.47. The summed E-state index contributed by atoms with van der Waals surface area (Å²) in [6, 6.07) is 8.60. The van der Waals surface area contributed by atoms with Crippen LogP contribution < -0.4 is 16.1 Å². The first kappa shape index (κ1) is 18.3. The van der Waals surface area contributed by atoms with Crippen LogP contribution in [0.25, 0.3) is 0 Å². The fourth-order valence-corrected chi connectivity index (χ4v) is 1.64. The van der Waals surface area contributed by atoms with E-state index in [1.807, 2.05) is 20.8 Å². The van der Waals surface area contributed by atoms with Crippen LogP contribution in [-0.4, -0.2) is 29.0 Å². The van der Waals surface area contributed by atoms with Crippen LogP contribution in [0.5, 0.6) is 0 Å². The summed E-state index contributed by atoms with van der Waals surface area (Å²) in [6.07, 6.45) is 0.0395. The van der Waals surface area contributed by atoms with E-state index < -0.39 is 11.8 Å². The standard InChI is InChI=1S/C16H22N4O3/c1-11(10-13(21)18-16(2,3)4)19-20-15(23)14(22)17-12-8-6-5-7-9-12/h5-9H,10H2,1-4H3,(H,17,22)(H,18,21)(H,20,23)/b19-11-. The number of benzene rings is 1. The van der Waals surface area contributed by atoms with Crippen molar-refractivity contribution >= 4 is 29.1 Å². The lowest BCUT2D eigenvalue weighted by molar-refractivity contribution is -0.136. The molecule has 0 unspecified atom stereocenters. The molecule has 1 aromatic rings. The van der Waals surface area contributed by atoms with E-state index in [-0.39, 0.29) is 17.9 Å². The molecule has 124 valence electrons. The third-order valence-corrected chi connectivity index (χ3v) is 2.52. The molecule has 0 aliphatic rings. The Kier molecular flexibility index (Phi) is 6.44. The molecule has 0 atom stereocenters. The molecule has 0 heterocycles. The van der Waals surface area contributed by atoms with Crippen LogP contribution in [0.3, 0.4) is 0 Å². The number of hydrogen-bond donors (Lipinski definition) is 3. The van der Waals surface area contributed by atoms with Gasteiger partial charge in [-0.3, -0.25) is 14.4 Å². The predicted octanol–water partition coefficient (Wildman–Crippen LogP) is 1.42. The van der Waals surface area contributed by atoms with Gasteiger partial charge in [0.05, 0.1) is 6.42 Å². The first-order valence-electron chi connectivity index (χ1n) is 7.18. The minimum Gasteiger partial charge on any atom is -0.351 e. The molecule has 0 saturated carbocycles. The number of hydrazone groups is 1. The zero-order chi connectivity index (χ0) is 17.5. The molecular formula is C16H22N4O3. The number of carbonyl (C=O) groups is 3. The van der Waals surface area contributed by atoms with Crippen LogP contribution in [0.2, 0.25) is 0 Å². The van der Waals surface area contributed by atoms with Gasteiger partial charge in [0.25, 0.3) is 0 Å². The summed E-state index contributed by atoms with van der Waals surface area (Å²) in [4.78, 5) is 35.0. The van der Waals surface area contributed by atoms with Crippen molar-refractivity contribution in [3.8, 4) is 0 Å². The lowest BCUT2D eigenvalue weighted by Gasteiger charge is -2.20. The van der Waals surface area contributed by atoms with Crippen LogP contribution in [-0.2, 0) is 14.4 Å². The summed E-state index contributed by atoms with van der Waals surface area (Å²) in [5.41, 5.74) is 2.70. The van der Waals surface area contributed by atoms with Crippen LogP contribution >= 0.6 is 0 Å². The maximum absolute atomic E-state index is 11.7. The molecule has 0 radical (unpaired) electrons. The summed E-state index contributed by atoms with van der Waals surface area (Å²) in [6.45, 7) is 7.20. The average Bonchev–Trinajstić information content (AvgIpc) is 2.43. The molecule has 0 bridgehead atoms. The first-order valence-corrected chi connectivity index (χ1v) is 7.18. The number of nitrogens with one attached hydrogen (secondary N) is 3. The molecule has 0 fully saturated rings. The van der Waals surface area contributed by atoms with Gasteiger partial charge in [-0.25, -0.2) is 5.43 Å². The van der Waals surface area contributed by atoms with Gasteiger partial charge in [-0.05, 0) is 39.8 Å². The smallest absolute Gasteiger partial charge is 0.329 e. The van der Waals surface area contributed by atoms with Crippen molar-refractivity contribution in [2.75, 3.05) is 5.32 Å². The van der Waals surface area contributed by atoms with E-state index in [1.165, 1.54) is 0 Å². The molecular weight excluding hydrogens is 296 g/mol. The summed E-state index contributed by atoms with van der Waals surface area (Å²) in [5.74, 6) is -1.93. The Labute approximate surface area is 135 Å². The Morgan fingerprint density at radius 3 is 2.22 bits per heavy atom. The zero-order valence-electron chi connectivity index (χ0n) is 13.8. The molecule has 0 spiro atoms. The number of rotatable bonds is 4. The normalized spacial score (nSPS) is 11.6. The van der Waals surface area contributed by atoms with Gasteiger partial charge in [0, 0.05) is 16.9 Å². The SMILES string of the molecule is C/C(CC(=O)NC(C)(C)C)=N/NC(=O)C(=O)Nc1ccccc1. The van der Waals surface area contributed by atoms with Gasteiger partial charge in [0.1, 0.15) is 0 Å². The van der Waals surface area contributed by atoms with Gasteiger partial charge in [-0.1, -0.05) is 18.2 Å². The molecule has 1 rings (SSSR count). The van der Waals surface area contributed by atoms with Crippen molar-refractivity contribution in [2.24, 2.45) is 5.10 Å². The third kappa shape index (κ3) is 7.75. The molecule has 0 saturated heterocycles. The Morgan fingerprint density at radius 1 is 1.04 bits per heavy atom. The van der Waals surface area contributed by atoms with Crippen molar-refractivity contribution < 1.29 is 14.4 Å². The molecule has 23 heavy (non-hydrogen) atoms. The highest BCUT2D eigenvalue weighted by Gasteiger charge is 2.15. The van der Waals surface area contributed by atoms with Crippen LogP contribution in [0.4, 0.5) is 5.69 Å². The first-order chi connectivity index (χ1) is 10.7. The maximum atomic E-state index is 11.7. The number of nitrogens with zero attached hydrogens (tertiary/aromatic N) is 1. The second-order valence-electron chi connectivity index (χ2n) is 6.08. The van der Waals surface area contributed by atoms with E-state index in [0.717, 1.165) is 0 Å². The minimum absolute atomic E-state index is 0.0395. The summed E-state index contributed by atoms with van der Waals surface area (Å²) < 4.78 is 0. The molecule has 3 amide bonds. The van der Waals surface area contributed by atoms with Gasteiger partial charge < -0.3 is 10.6 Å². The largest absolute Gasteiger partial charge is 0.351 e. The lowest BCUT2D eigenvalue weighted by atomic mass is 10.1. The van der Waals surface area contributed by atoms with Crippen LogP contribution in [0.15, 0.2) is 35.4 Å². The number of para-hydroxylation sites is 1. The number of hydrogen-bond acceptors (Lipinski definition) is 4. The average molecular weight is 318 g/mol. The second kappa shape index (κ2) is 8.07. The summed E-state index contributed by atoms with van der Waals surface area (Å²) in [5, 5.41) is 8.97. The van der Waals surface area contributed by atoms with E-state index in [1.54, 1.807) is 37.3 Å². The van der Waals surface area contributed by atoms with Crippen molar-refractivity contribution in [1.29, 1.82) is 0 Å². The fraction of sp³-hybridized carbons (Fsp3) is 0.375. The van der Waals surface area contributed by atoms with E-state index >= 15 is 0 Å². The third-order valence-electron chi connectivity index (χ3n) is 2.52. The number of anilines is 1. The van der Waals surface area contributed by atoms with E-state index in [9.17, 15) is 14.4 Å². The summed E-state index contributed by atoms with van der Waals surface area (Å²) >= 11 is 0. The second-order valence-corrected chi connectivity index (χ2v) is 6.08. The van der Waals surface area contributed by atoms with E-state index in [4.69, 9.17) is 0 Å². The highest BCUT2D eigenvalue weighted by atomic mass is 16.2. The lowest BCUT2D eigenvalue weighted by Crippen LogP contribution is -2.41. The zero-order valence-corrected chi connectivity index (χ0v) is 13.8. The monoisotopic (exact) mass is 318 g/mol. The minimum atomic E-state index is -0.899. The number of carbonyl (C=O) groups excluding carboxylic acids is 3. The topological polar surface area (TPSA) is 99.7 Å². The Hall–Kier alpha value is -2.70. The molecule has 0 aliphatic heterocycles.